The lowest BCUT2D eigenvalue weighted by molar-refractivity contribution is -0.368. The molecule has 0 aliphatic rings. The van der Waals surface area contributed by atoms with Crippen LogP contribution < -0.4 is 0 Å². The van der Waals surface area contributed by atoms with Gasteiger partial charge in [0.05, 0.1) is 26.4 Å². The third-order valence-electron chi connectivity index (χ3n) is 4.14. The van der Waals surface area contributed by atoms with Crippen LogP contribution in [0.2, 0.25) is 0 Å². The van der Waals surface area contributed by atoms with E-state index in [9.17, 15) is 19.8 Å². The largest absolute Gasteiger partial charge is 0.462 e. The molecule has 2 aromatic rings. The number of carbonyl (C=O) groups excluding carboxylic acids is 2. The smallest absolute Gasteiger partial charge is 0.373 e. The molecule has 8 heteroatoms. The van der Waals surface area contributed by atoms with E-state index in [1.807, 2.05) is 0 Å². The Hall–Kier alpha value is -2.78. The summed E-state index contributed by atoms with van der Waals surface area (Å²) >= 11 is 0. The van der Waals surface area contributed by atoms with Gasteiger partial charge >= 0.3 is 23.5 Å². The van der Waals surface area contributed by atoms with E-state index in [1.165, 1.54) is 13.8 Å². The molecule has 0 aliphatic carbocycles. The minimum absolute atomic E-state index is 0.132. The van der Waals surface area contributed by atoms with Gasteiger partial charge in [0.1, 0.15) is 0 Å². The molecule has 0 saturated heterocycles. The van der Waals surface area contributed by atoms with Crippen LogP contribution in [-0.4, -0.2) is 46.9 Å². The van der Waals surface area contributed by atoms with E-state index in [-0.39, 0.29) is 26.4 Å². The van der Waals surface area contributed by atoms with Gasteiger partial charge in [-0.15, -0.1) is 0 Å². The molecule has 0 radical (unpaired) electrons. The molecular formula is C22H26O8. The Morgan fingerprint density at radius 2 is 1.03 bits per heavy atom. The van der Waals surface area contributed by atoms with Crippen LogP contribution in [0.1, 0.15) is 25.0 Å². The highest BCUT2D eigenvalue weighted by atomic mass is 16.8. The molecule has 2 unspecified atom stereocenters. The fourth-order valence-electron chi connectivity index (χ4n) is 2.57. The van der Waals surface area contributed by atoms with Crippen molar-refractivity contribution in [2.75, 3.05) is 13.2 Å². The second kappa shape index (κ2) is 10.8. The first-order valence-electron chi connectivity index (χ1n) is 9.52. The van der Waals surface area contributed by atoms with Gasteiger partial charge in [0.15, 0.2) is 0 Å². The lowest BCUT2D eigenvalue weighted by Crippen LogP contribution is -2.67. The Labute approximate surface area is 175 Å². The molecule has 2 atom stereocenters. The molecule has 0 spiro atoms. The molecule has 8 nitrogen and oxygen atoms in total. The summed E-state index contributed by atoms with van der Waals surface area (Å²) in [6, 6.07) is 17.2. The summed E-state index contributed by atoms with van der Waals surface area (Å²) in [4.78, 5) is 25.2. The number of carbonyl (C=O) groups is 2. The Morgan fingerprint density at radius 3 is 1.33 bits per heavy atom. The molecule has 162 valence electrons. The van der Waals surface area contributed by atoms with Crippen LogP contribution in [0.25, 0.3) is 0 Å². The Balaban J connectivity index is 2.38. The predicted octanol–water partition coefficient (Wildman–Crippen LogP) is 1.92. The van der Waals surface area contributed by atoms with Gasteiger partial charge in [0.2, 0.25) is 0 Å². The Bertz CT molecular complexity index is 741. The average Bonchev–Trinajstić information content (AvgIpc) is 2.77. The van der Waals surface area contributed by atoms with Crippen LogP contribution in [0.4, 0.5) is 0 Å². The van der Waals surface area contributed by atoms with Crippen molar-refractivity contribution in [3.8, 4) is 0 Å². The number of esters is 2. The number of hydrogen-bond acceptors (Lipinski definition) is 8. The standard InChI is InChI=1S/C22H26O8/c1-3-27-19(23)21(25,29-15-17-11-7-5-8-12-17)22(26,20(24)28-4-2)30-16-18-13-9-6-10-14-18/h5-14,25-26H,3-4,15-16H2,1-2H3. The van der Waals surface area contributed by atoms with Crippen molar-refractivity contribution in [1.29, 1.82) is 0 Å². The zero-order valence-electron chi connectivity index (χ0n) is 16.9. The molecule has 30 heavy (non-hydrogen) atoms. The molecule has 0 heterocycles. The van der Waals surface area contributed by atoms with Crippen molar-refractivity contribution >= 4 is 11.9 Å². The van der Waals surface area contributed by atoms with Crippen LogP contribution >= 0.6 is 0 Å². The van der Waals surface area contributed by atoms with Gasteiger partial charge < -0.3 is 29.2 Å². The summed E-state index contributed by atoms with van der Waals surface area (Å²) in [7, 11) is 0. The summed E-state index contributed by atoms with van der Waals surface area (Å²) in [5.74, 6) is -9.13. The number of rotatable bonds is 11. The van der Waals surface area contributed by atoms with Gasteiger partial charge in [-0.3, -0.25) is 0 Å². The number of ether oxygens (including phenoxy) is 4. The van der Waals surface area contributed by atoms with Gasteiger partial charge in [0, 0.05) is 0 Å². The first-order chi connectivity index (χ1) is 14.4. The topological polar surface area (TPSA) is 112 Å². The first kappa shape index (κ1) is 23.5. The predicted molar refractivity (Wildman–Crippen MR) is 106 cm³/mol. The van der Waals surface area contributed by atoms with Crippen molar-refractivity contribution in [2.24, 2.45) is 0 Å². The third kappa shape index (κ3) is 5.43. The molecule has 0 fully saturated rings. The van der Waals surface area contributed by atoms with Crippen molar-refractivity contribution in [2.45, 2.75) is 38.6 Å². The summed E-state index contributed by atoms with van der Waals surface area (Å²) in [6.07, 6.45) is 0. The Morgan fingerprint density at radius 1 is 0.700 bits per heavy atom. The molecule has 0 aromatic heterocycles. The zero-order chi connectivity index (χ0) is 22.0. The summed E-state index contributed by atoms with van der Waals surface area (Å²) in [6.45, 7) is 2.12. The van der Waals surface area contributed by atoms with Crippen molar-refractivity contribution in [3.05, 3.63) is 71.8 Å². The van der Waals surface area contributed by atoms with Gasteiger partial charge in [-0.05, 0) is 25.0 Å². The fourth-order valence-corrected chi connectivity index (χ4v) is 2.57. The maximum absolute atomic E-state index is 12.6. The average molecular weight is 418 g/mol. The van der Waals surface area contributed by atoms with Crippen LogP contribution in [-0.2, 0) is 41.8 Å². The highest BCUT2D eigenvalue weighted by Gasteiger charge is 2.66. The molecule has 2 N–H and O–H groups in total. The van der Waals surface area contributed by atoms with Gasteiger partial charge in [-0.25, -0.2) is 9.59 Å². The second-order valence-corrected chi connectivity index (χ2v) is 6.28. The minimum Gasteiger partial charge on any atom is -0.462 e. The van der Waals surface area contributed by atoms with E-state index in [0.717, 1.165) is 0 Å². The van der Waals surface area contributed by atoms with Crippen LogP contribution in [0.15, 0.2) is 60.7 Å². The normalized spacial score (nSPS) is 14.9. The number of hydrogen-bond donors (Lipinski definition) is 2. The maximum Gasteiger partial charge on any atom is 0.373 e. The van der Waals surface area contributed by atoms with Gasteiger partial charge in [0.25, 0.3) is 0 Å². The number of benzene rings is 2. The van der Waals surface area contributed by atoms with Crippen molar-refractivity contribution in [3.63, 3.8) is 0 Å². The van der Waals surface area contributed by atoms with E-state index in [4.69, 9.17) is 18.9 Å². The Kier molecular flexibility index (Phi) is 8.49. The lowest BCUT2D eigenvalue weighted by Gasteiger charge is -2.37. The lowest BCUT2D eigenvalue weighted by atomic mass is 10.0. The van der Waals surface area contributed by atoms with E-state index < -0.39 is 23.5 Å². The van der Waals surface area contributed by atoms with Crippen molar-refractivity contribution in [1.82, 2.24) is 0 Å². The van der Waals surface area contributed by atoms with Crippen LogP contribution in [0.5, 0.6) is 0 Å². The van der Waals surface area contributed by atoms with Crippen LogP contribution in [0, 0.1) is 0 Å². The summed E-state index contributed by atoms with van der Waals surface area (Å²) in [5.41, 5.74) is 1.16. The van der Waals surface area contributed by atoms with Crippen molar-refractivity contribution < 1.29 is 38.7 Å². The second-order valence-electron chi connectivity index (χ2n) is 6.28. The zero-order valence-corrected chi connectivity index (χ0v) is 16.9. The quantitative estimate of drug-likeness (QED) is 0.421. The molecule has 0 amide bonds. The minimum atomic E-state index is -3.18. The van der Waals surface area contributed by atoms with E-state index in [2.05, 4.69) is 0 Å². The van der Waals surface area contributed by atoms with E-state index in [0.29, 0.717) is 11.1 Å². The highest BCUT2D eigenvalue weighted by Crippen LogP contribution is 2.31. The molecular weight excluding hydrogens is 392 g/mol. The molecule has 0 saturated carbocycles. The van der Waals surface area contributed by atoms with Gasteiger partial charge in [-0.1, -0.05) is 60.7 Å². The molecule has 0 bridgehead atoms. The molecule has 2 rings (SSSR count). The van der Waals surface area contributed by atoms with Gasteiger partial charge in [-0.2, -0.15) is 0 Å². The first-order valence-corrected chi connectivity index (χ1v) is 9.52. The SMILES string of the molecule is CCOC(=O)C(O)(OCc1ccccc1)C(O)(OCc1ccccc1)C(=O)OCC. The maximum atomic E-state index is 12.6. The highest BCUT2D eigenvalue weighted by molar-refractivity contribution is 5.90. The fraction of sp³-hybridized carbons (Fsp3) is 0.364. The van der Waals surface area contributed by atoms with E-state index >= 15 is 0 Å². The van der Waals surface area contributed by atoms with Crippen LogP contribution in [0.3, 0.4) is 0 Å². The molecule has 2 aromatic carbocycles. The number of aliphatic hydroxyl groups is 2. The molecule has 0 aliphatic heterocycles. The van der Waals surface area contributed by atoms with E-state index in [1.54, 1.807) is 60.7 Å². The monoisotopic (exact) mass is 418 g/mol. The third-order valence-corrected chi connectivity index (χ3v) is 4.14. The summed E-state index contributed by atoms with van der Waals surface area (Å²) in [5, 5.41) is 22.2. The summed E-state index contributed by atoms with van der Waals surface area (Å²) < 4.78 is 20.4.